The van der Waals surface area contributed by atoms with Gasteiger partial charge in [0.25, 0.3) is 0 Å². The van der Waals surface area contributed by atoms with Crippen LogP contribution in [0, 0.1) is 12.3 Å². The third kappa shape index (κ3) is 4.08. The molecule has 8 nitrogen and oxygen atoms in total. The second-order valence-electron chi connectivity index (χ2n) is 8.05. The zero-order valence-corrected chi connectivity index (χ0v) is 17.4. The van der Waals surface area contributed by atoms with Gasteiger partial charge in [-0.2, -0.15) is 4.98 Å². The lowest BCUT2D eigenvalue weighted by atomic mass is 9.77. The number of aromatic nitrogens is 2. The zero-order chi connectivity index (χ0) is 21.1. The van der Waals surface area contributed by atoms with Crippen LogP contribution in [0.15, 0.2) is 30.5 Å². The van der Waals surface area contributed by atoms with Crippen LogP contribution in [0.25, 0.3) is 0 Å². The van der Waals surface area contributed by atoms with Gasteiger partial charge < -0.3 is 20.3 Å². The van der Waals surface area contributed by atoms with Crippen LogP contribution < -0.4 is 15.5 Å². The lowest BCUT2D eigenvalue weighted by Gasteiger charge is -2.38. The topological polar surface area (TPSA) is 96.5 Å². The Morgan fingerprint density at radius 2 is 1.97 bits per heavy atom. The molecular formula is C22H27N5O3. The van der Waals surface area contributed by atoms with Crippen LogP contribution in [-0.4, -0.2) is 48.6 Å². The number of carbonyl (C=O) groups is 2. The van der Waals surface area contributed by atoms with Gasteiger partial charge in [-0.05, 0) is 43.9 Å². The number of benzene rings is 1. The van der Waals surface area contributed by atoms with Crippen LogP contribution in [0.4, 0.5) is 17.5 Å². The van der Waals surface area contributed by atoms with Gasteiger partial charge in [-0.25, -0.2) is 4.98 Å². The standard InChI is InChI=1S/C22H27N5O3/c1-15-14-24-21(25-17-5-3-16(4-6-17)13-18(28)30-2)26-19(15)27-11-8-22(9-12-27)7-10-23-20(22)29/h3-6,14H,7-13H2,1-2H3,(H,23,29)(H,24,25,26). The summed E-state index contributed by atoms with van der Waals surface area (Å²) >= 11 is 0. The van der Waals surface area contributed by atoms with Crippen molar-refractivity contribution in [3.8, 4) is 0 Å². The van der Waals surface area contributed by atoms with E-state index in [9.17, 15) is 9.59 Å². The Morgan fingerprint density at radius 3 is 2.60 bits per heavy atom. The van der Waals surface area contributed by atoms with E-state index < -0.39 is 0 Å². The van der Waals surface area contributed by atoms with Gasteiger partial charge in [-0.15, -0.1) is 0 Å². The molecule has 2 fully saturated rings. The van der Waals surface area contributed by atoms with Crippen molar-refractivity contribution < 1.29 is 14.3 Å². The first-order chi connectivity index (χ1) is 14.5. The molecule has 2 N–H and O–H groups in total. The van der Waals surface area contributed by atoms with Gasteiger partial charge >= 0.3 is 5.97 Å². The van der Waals surface area contributed by atoms with Gasteiger partial charge in [-0.3, -0.25) is 9.59 Å². The molecule has 0 bridgehead atoms. The largest absolute Gasteiger partial charge is 0.469 e. The van der Waals surface area contributed by atoms with Gasteiger partial charge in [0.15, 0.2) is 0 Å². The fraction of sp³-hybridized carbons (Fsp3) is 0.455. The smallest absolute Gasteiger partial charge is 0.309 e. The Morgan fingerprint density at radius 1 is 1.23 bits per heavy atom. The maximum atomic E-state index is 12.2. The summed E-state index contributed by atoms with van der Waals surface area (Å²) in [4.78, 5) is 35.0. The minimum absolute atomic E-state index is 0.190. The molecule has 1 spiro atoms. The third-order valence-electron chi connectivity index (χ3n) is 6.12. The van der Waals surface area contributed by atoms with E-state index in [1.54, 1.807) is 0 Å². The van der Waals surface area contributed by atoms with Crippen molar-refractivity contribution in [2.75, 3.05) is 37.0 Å². The van der Waals surface area contributed by atoms with E-state index in [1.807, 2.05) is 37.4 Å². The number of rotatable bonds is 5. The average molecular weight is 409 g/mol. The summed E-state index contributed by atoms with van der Waals surface area (Å²) in [6.45, 7) is 4.42. The summed E-state index contributed by atoms with van der Waals surface area (Å²) in [5, 5.41) is 6.21. The van der Waals surface area contributed by atoms with E-state index in [-0.39, 0.29) is 23.7 Å². The summed E-state index contributed by atoms with van der Waals surface area (Å²) in [5.74, 6) is 1.37. The molecule has 0 unspecified atom stereocenters. The quantitative estimate of drug-likeness (QED) is 0.732. The van der Waals surface area contributed by atoms with Crippen LogP contribution in [0.5, 0.6) is 0 Å². The lowest BCUT2D eigenvalue weighted by molar-refractivity contribution is -0.139. The van der Waals surface area contributed by atoms with Gasteiger partial charge in [0.05, 0.1) is 18.9 Å². The van der Waals surface area contributed by atoms with Crippen molar-refractivity contribution in [3.63, 3.8) is 0 Å². The normalized spacial score (nSPS) is 17.7. The fourth-order valence-electron chi connectivity index (χ4n) is 4.23. The molecule has 8 heteroatoms. The van der Waals surface area contributed by atoms with E-state index in [0.717, 1.165) is 61.5 Å². The number of aryl methyl sites for hydroxylation is 1. The molecule has 0 radical (unpaired) electrons. The molecule has 0 atom stereocenters. The van der Waals surface area contributed by atoms with Gasteiger partial charge in [0, 0.05) is 37.1 Å². The molecular weight excluding hydrogens is 382 g/mol. The van der Waals surface area contributed by atoms with Crippen LogP contribution in [-0.2, 0) is 20.7 Å². The molecule has 1 aromatic carbocycles. The molecule has 158 valence electrons. The lowest BCUT2D eigenvalue weighted by Crippen LogP contribution is -2.44. The van der Waals surface area contributed by atoms with Crippen molar-refractivity contribution in [2.24, 2.45) is 5.41 Å². The molecule has 0 aliphatic carbocycles. The highest BCUT2D eigenvalue weighted by molar-refractivity contribution is 5.85. The number of anilines is 3. The number of ether oxygens (including phenoxy) is 1. The second-order valence-corrected chi connectivity index (χ2v) is 8.05. The predicted octanol–water partition coefficient (Wildman–Crippen LogP) is 2.35. The van der Waals surface area contributed by atoms with E-state index in [0.29, 0.717) is 5.95 Å². The number of hydrogen-bond donors (Lipinski definition) is 2. The van der Waals surface area contributed by atoms with Crippen molar-refractivity contribution in [2.45, 2.75) is 32.6 Å². The molecule has 1 amide bonds. The predicted molar refractivity (Wildman–Crippen MR) is 114 cm³/mol. The molecule has 2 aliphatic heterocycles. The Bertz CT molecular complexity index is 936. The van der Waals surface area contributed by atoms with Crippen LogP contribution in [0.1, 0.15) is 30.4 Å². The van der Waals surface area contributed by atoms with Crippen LogP contribution in [0.3, 0.4) is 0 Å². The van der Waals surface area contributed by atoms with Gasteiger partial charge in [0.1, 0.15) is 5.82 Å². The Balaban J connectivity index is 1.43. The number of amides is 1. The molecule has 30 heavy (non-hydrogen) atoms. The summed E-state index contributed by atoms with van der Waals surface area (Å²) in [5.41, 5.74) is 2.56. The second kappa shape index (κ2) is 8.30. The minimum Gasteiger partial charge on any atom is -0.469 e. The molecule has 0 saturated carbocycles. The molecule has 2 saturated heterocycles. The first-order valence-corrected chi connectivity index (χ1v) is 10.3. The fourth-order valence-corrected chi connectivity index (χ4v) is 4.23. The number of nitrogens with zero attached hydrogens (tertiary/aromatic N) is 3. The Kier molecular flexibility index (Phi) is 5.57. The Hall–Kier alpha value is -3.16. The van der Waals surface area contributed by atoms with E-state index >= 15 is 0 Å². The van der Waals surface area contributed by atoms with Gasteiger partial charge in [-0.1, -0.05) is 12.1 Å². The Labute approximate surface area is 176 Å². The summed E-state index contributed by atoms with van der Waals surface area (Å²) in [6, 6.07) is 7.55. The number of carbonyl (C=O) groups excluding carboxylic acids is 2. The molecule has 2 aromatic rings. The number of methoxy groups -OCH3 is 1. The number of esters is 1. The minimum atomic E-state index is -0.263. The van der Waals surface area contributed by atoms with Gasteiger partial charge in [0.2, 0.25) is 11.9 Å². The maximum Gasteiger partial charge on any atom is 0.309 e. The molecule has 1 aromatic heterocycles. The average Bonchev–Trinajstić information content (AvgIpc) is 3.11. The molecule has 3 heterocycles. The molecule has 2 aliphatic rings. The molecule has 4 rings (SSSR count). The van der Waals surface area contributed by atoms with Crippen LogP contribution >= 0.6 is 0 Å². The SMILES string of the molecule is COC(=O)Cc1ccc(Nc2ncc(C)c(N3CCC4(CCNC4=O)CC3)n2)cc1. The van der Waals surface area contributed by atoms with E-state index in [1.165, 1.54) is 7.11 Å². The number of nitrogens with one attached hydrogen (secondary N) is 2. The first-order valence-electron chi connectivity index (χ1n) is 10.3. The number of hydrogen-bond acceptors (Lipinski definition) is 7. The van der Waals surface area contributed by atoms with Crippen LogP contribution in [0.2, 0.25) is 0 Å². The third-order valence-corrected chi connectivity index (χ3v) is 6.12. The summed E-state index contributed by atoms with van der Waals surface area (Å²) in [6.07, 6.45) is 4.71. The van der Waals surface area contributed by atoms with Crippen molar-refractivity contribution in [3.05, 3.63) is 41.6 Å². The number of piperidine rings is 1. The monoisotopic (exact) mass is 409 g/mol. The zero-order valence-electron chi connectivity index (χ0n) is 17.4. The maximum absolute atomic E-state index is 12.2. The van der Waals surface area contributed by atoms with Crippen molar-refractivity contribution in [1.82, 2.24) is 15.3 Å². The highest BCUT2D eigenvalue weighted by atomic mass is 16.5. The highest BCUT2D eigenvalue weighted by Crippen LogP contribution is 2.39. The highest BCUT2D eigenvalue weighted by Gasteiger charge is 2.44. The van der Waals surface area contributed by atoms with E-state index in [2.05, 4.69) is 20.5 Å². The summed E-state index contributed by atoms with van der Waals surface area (Å²) in [7, 11) is 1.38. The summed E-state index contributed by atoms with van der Waals surface area (Å²) < 4.78 is 4.70. The van der Waals surface area contributed by atoms with Crippen molar-refractivity contribution in [1.29, 1.82) is 0 Å². The van der Waals surface area contributed by atoms with E-state index in [4.69, 9.17) is 9.72 Å². The first kappa shape index (κ1) is 20.1. The van der Waals surface area contributed by atoms with Crippen molar-refractivity contribution >= 4 is 29.3 Å².